The summed E-state index contributed by atoms with van der Waals surface area (Å²) in [5.41, 5.74) is 0. The van der Waals surface area contributed by atoms with Crippen LogP contribution in [0, 0.1) is 17.8 Å². The first-order valence-electron chi connectivity index (χ1n) is 5.61. The molecule has 4 unspecified atom stereocenters. The van der Waals surface area contributed by atoms with Crippen LogP contribution in [-0.2, 0) is 10.1 Å². The molecule has 4 atom stereocenters. The van der Waals surface area contributed by atoms with Crippen LogP contribution in [0.4, 0.5) is 13.2 Å². The van der Waals surface area contributed by atoms with Gasteiger partial charge < -0.3 is 0 Å². The molecule has 0 aromatic carbocycles. The van der Waals surface area contributed by atoms with Gasteiger partial charge in [0.05, 0.1) is 0 Å². The molecule has 7 heteroatoms. The number of alkyl halides is 3. The Morgan fingerprint density at radius 1 is 1.18 bits per heavy atom. The second-order valence-corrected chi connectivity index (χ2v) is 7.16. The van der Waals surface area contributed by atoms with Gasteiger partial charge in [-0.1, -0.05) is 6.42 Å². The third kappa shape index (κ3) is 1.78. The van der Waals surface area contributed by atoms with Crippen molar-refractivity contribution in [2.45, 2.75) is 43.5 Å². The van der Waals surface area contributed by atoms with Gasteiger partial charge in [-0.05, 0) is 43.9 Å². The fraction of sp³-hybridized carbons (Fsp3) is 1.00. The molecule has 0 spiro atoms. The standard InChI is InChI=1S/C10H15F3O3S/c1-9(10(11,12)13,17(14,15)16)8-5-6-2-3-7(8)4-6/h6-8H,2-5H2,1H3,(H,14,15,16). The molecule has 0 amide bonds. The van der Waals surface area contributed by atoms with E-state index < -0.39 is 27.0 Å². The maximum Gasteiger partial charge on any atom is 0.410 e. The third-order valence-electron chi connectivity index (χ3n) is 4.54. The van der Waals surface area contributed by atoms with Gasteiger partial charge in [-0.3, -0.25) is 4.55 Å². The normalized spacial score (nSPS) is 37.1. The van der Waals surface area contributed by atoms with Gasteiger partial charge in [0.25, 0.3) is 10.1 Å². The van der Waals surface area contributed by atoms with Gasteiger partial charge in [0.15, 0.2) is 4.75 Å². The van der Waals surface area contributed by atoms with Crippen molar-refractivity contribution >= 4 is 10.1 Å². The number of hydrogen-bond donors (Lipinski definition) is 1. The Bertz CT molecular complexity index is 417. The molecule has 2 rings (SSSR count). The lowest BCUT2D eigenvalue weighted by Gasteiger charge is -2.38. The maximum atomic E-state index is 13.0. The van der Waals surface area contributed by atoms with E-state index in [9.17, 15) is 21.6 Å². The molecule has 0 saturated heterocycles. The molecular formula is C10H15F3O3S. The van der Waals surface area contributed by atoms with Gasteiger partial charge in [-0.2, -0.15) is 21.6 Å². The van der Waals surface area contributed by atoms with Gasteiger partial charge in [-0.15, -0.1) is 0 Å². The summed E-state index contributed by atoms with van der Waals surface area (Å²) in [5, 5.41) is 0. The topological polar surface area (TPSA) is 54.4 Å². The van der Waals surface area contributed by atoms with Crippen molar-refractivity contribution in [3.05, 3.63) is 0 Å². The van der Waals surface area contributed by atoms with Crippen LogP contribution < -0.4 is 0 Å². The summed E-state index contributed by atoms with van der Waals surface area (Å²) in [4.78, 5) is 0. The molecule has 17 heavy (non-hydrogen) atoms. The van der Waals surface area contributed by atoms with E-state index in [4.69, 9.17) is 4.55 Å². The van der Waals surface area contributed by atoms with Gasteiger partial charge in [0, 0.05) is 0 Å². The molecule has 0 radical (unpaired) electrons. The predicted molar refractivity (Wildman–Crippen MR) is 54.9 cm³/mol. The number of fused-ring (bicyclic) bond motifs is 2. The van der Waals surface area contributed by atoms with Crippen LogP contribution >= 0.6 is 0 Å². The zero-order valence-electron chi connectivity index (χ0n) is 9.37. The first kappa shape index (κ1) is 13.1. The second kappa shape index (κ2) is 3.60. The lowest BCUT2D eigenvalue weighted by molar-refractivity contribution is -0.175. The highest BCUT2D eigenvalue weighted by Crippen LogP contribution is 2.57. The molecule has 2 aliphatic rings. The van der Waals surface area contributed by atoms with Gasteiger partial charge in [-0.25, -0.2) is 0 Å². The van der Waals surface area contributed by atoms with Gasteiger partial charge in [0.1, 0.15) is 0 Å². The molecule has 0 aromatic heterocycles. The summed E-state index contributed by atoms with van der Waals surface area (Å²) < 4.78 is 67.5. The van der Waals surface area contributed by atoms with Crippen LogP contribution in [0.1, 0.15) is 32.6 Å². The zero-order chi connectivity index (χ0) is 13.1. The second-order valence-electron chi connectivity index (χ2n) is 5.36. The Labute approximate surface area is 98.1 Å². The first-order valence-corrected chi connectivity index (χ1v) is 7.05. The van der Waals surface area contributed by atoms with E-state index in [2.05, 4.69) is 0 Å². The van der Waals surface area contributed by atoms with Crippen LogP contribution in [0.25, 0.3) is 0 Å². The fourth-order valence-corrected chi connectivity index (χ4v) is 4.43. The van der Waals surface area contributed by atoms with E-state index in [1.165, 1.54) is 0 Å². The number of hydrogen-bond acceptors (Lipinski definition) is 2. The lowest BCUT2D eigenvalue weighted by Crippen LogP contribution is -2.56. The number of halogens is 3. The van der Waals surface area contributed by atoms with Crippen LogP contribution in [-0.4, -0.2) is 23.9 Å². The molecule has 0 heterocycles. The summed E-state index contributed by atoms with van der Waals surface area (Å²) >= 11 is 0. The zero-order valence-corrected chi connectivity index (χ0v) is 10.2. The lowest BCUT2D eigenvalue weighted by atomic mass is 9.79. The number of rotatable bonds is 2. The van der Waals surface area contributed by atoms with E-state index in [0.29, 0.717) is 19.8 Å². The fourth-order valence-electron chi connectivity index (χ4n) is 3.47. The Kier molecular flexibility index (Phi) is 2.78. The van der Waals surface area contributed by atoms with Crippen LogP contribution in [0.5, 0.6) is 0 Å². The molecule has 2 bridgehead atoms. The largest absolute Gasteiger partial charge is 0.410 e. The third-order valence-corrected chi connectivity index (χ3v) is 6.15. The van der Waals surface area contributed by atoms with Crippen molar-refractivity contribution in [3.8, 4) is 0 Å². The van der Waals surface area contributed by atoms with Crippen molar-refractivity contribution in [1.82, 2.24) is 0 Å². The SMILES string of the molecule is CC(C1CC2CCC1C2)(C(F)(F)F)S(=O)(=O)O. The minimum Gasteiger partial charge on any atom is -0.285 e. The van der Waals surface area contributed by atoms with Crippen molar-refractivity contribution in [3.63, 3.8) is 0 Å². The Balaban J connectivity index is 2.43. The van der Waals surface area contributed by atoms with Crippen molar-refractivity contribution in [1.29, 1.82) is 0 Å². The Hall–Kier alpha value is -0.300. The Morgan fingerprint density at radius 2 is 1.76 bits per heavy atom. The minimum absolute atomic E-state index is 0.188. The summed E-state index contributed by atoms with van der Waals surface area (Å²) in [6, 6.07) is 0. The predicted octanol–water partition coefficient (Wildman–Crippen LogP) is 2.63. The molecule has 1 N–H and O–H groups in total. The highest BCUT2D eigenvalue weighted by molar-refractivity contribution is 7.87. The van der Waals surface area contributed by atoms with E-state index >= 15 is 0 Å². The molecule has 3 nitrogen and oxygen atoms in total. The molecule has 2 aliphatic carbocycles. The maximum absolute atomic E-state index is 13.0. The summed E-state index contributed by atoms with van der Waals surface area (Å²) in [6.45, 7) is 0.619. The monoisotopic (exact) mass is 272 g/mol. The molecule has 2 fully saturated rings. The van der Waals surface area contributed by atoms with Crippen molar-refractivity contribution in [2.24, 2.45) is 17.8 Å². The summed E-state index contributed by atoms with van der Waals surface area (Å²) in [7, 11) is -5.15. The van der Waals surface area contributed by atoms with Crippen molar-refractivity contribution < 1.29 is 26.1 Å². The highest BCUT2D eigenvalue weighted by atomic mass is 32.2. The molecule has 100 valence electrons. The smallest absolute Gasteiger partial charge is 0.285 e. The molecule has 0 aromatic rings. The van der Waals surface area contributed by atoms with Crippen LogP contribution in [0.3, 0.4) is 0 Å². The van der Waals surface area contributed by atoms with Gasteiger partial charge >= 0.3 is 6.18 Å². The molecule has 2 saturated carbocycles. The van der Waals surface area contributed by atoms with E-state index in [-0.39, 0.29) is 18.3 Å². The average Bonchev–Trinajstić information content (AvgIpc) is 2.73. The summed E-state index contributed by atoms with van der Waals surface area (Å²) in [5.74, 6) is -1.04. The van der Waals surface area contributed by atoms with Gasteiger partial charge in [0.2, 0.25) is 0 Å². The Morgan fingerprint density at radius 3 is 2.06 bits per heavy atom. The molecular weight excluding hydrogens is 257 g/mol. The van der Waals surface area contributed by atoms with E-state index in [1.807, 2.05) is 0 Å². The molecule has 0 aliphatic heterocycles. The quantitative estimate of drug-likeness (QED) is 0.786. The van der Waals surface area contributed by atoms with E-state index in [0.717, 1.165) is 6.42 Å². The van der Waals surface area contributed by atoms with Crippen LogP contribution in [0.15, 0.2) is 0 Å². The van der Waals surface area contributed by atoms with E-state index in [1.54, 1.807) is 0 Å². The first-order chi connectivity index (χ1) is 7.57. The van der Waals surface area contributed by atoms with Crippen LogP contribution in [0.2, 0.25) is 0 Å². The summed E-state index contributed by atoms with van der Waals surface area (Å²) in [6.07, 6.45) is -2.51. The minimum atomic E-state index is -5.15. The van der Waals surface area contributed by atoms with Crippen molar-refractivity contribution in [2.75, 3.05) is 0 Å². The average molecular weight is 272 g/mol. The highest BCUT2D eigenvalue weighted by Gasteiger charge is 2.67.